The summed E-state index contributed by atoms with van der Waals surface area (Å²) in [6.45, 7) is 11.3. The Bertz CT molecular complexity index is 318. The minimum Gasteiger partial charge on any atom is -0.478 e. The van der Waals surface area contributed by atoms with Crippen molar-refractivity contribution in [2.45, 2.75) is 92.4 Å². The number of rotatable bonds is 13. The number of hydrogen-bond acceptors (Lipinski definition) is 1. The molecule has 2 nitrogen and oxygen atoms in total. The van der Waals surface area contributed by atoms with E-state index in [1.54, 1.807) is 0 Å². The van der Waals surface area contributed by atoms with Crippen LogP contribution in [0, 0.1) is 17.8 Å². The highest BCUT2D eigenvalue weighted by atomic mass is 16.4. The average Bonchev–Trinajstić information content (AvgIpc) is 2.37. The molecule has 1 N–H and O–H groups in total. The van der Waals surface area contributed by atoms with Gasteiger partial charge in [-0.2, -0.15) is 0 Å². The van der Waals surface area contributed by atoms with Gasteiger partial charge in [-0.25, -0.2) is 4.79 Å². The highest BCUT2D eigenvalue weighted by molar-refractivity contribution is 5.80. The standard InChI is InChI=1S/C20H38O2/c1-16(2)9-6-10-17(3)11-7-12-18(4)13-8-14-19(5)15-20(21)22/h15-18H,6-14H2,1-5H3,(H,21,22)/b19-15+/t17-,18-/m1/s1. The summed E-state index contributed by atoms with van der Waals surface area (Å²) in [4.78, 5) is 10.5. The quantitative estimate of drug-likeness (QED) is 0.396. The molecule has 0 spiro atoms. The predicted octanol–water partition coefficient (Wildman–Crippen LogP) is 6.46. The average molecular weight is 311 g/mol. The number of hydrogen-bond donors (Lipinski definition) is 1. The van der Waals surface area contributed by atoms with Gasteiger partial charge >= 0.3 is 5.97 Å². The molecule has 0 aliphatic carbocycles. The predicted molar refractivity (Wildman–Crippen MR) is 96.1 cm³/mol. The van der Waals surface area contributed by atoms with Crippen molar-refractivity contribution in [3.63, 3.8) is 0 Å². The van der Waals surface area contributed by atoms with Crippen molar-refractivity contribution < 1.29 is 9.90 Å². The summed E-state index contributed by atoms with van der Waals surface area (Å²) in [5.41, 5.74) is 0.985. The molecular weight excluding hydrogens is 272 g/mol. The lowest BCUT2D eigenvalue weighted by Gasteiger charge is -2.15. The van der Waals surface area contributed by atoms with E-state index in [1.165, 1.54) is 51.0 Å². The fraction of sp³-hybridized carbons (Fsp3) is 0.850. The van der Waals surface area contributed by atoms with Crippen LogP contribution in [-0.2, 0) is 4.79 Å². The van der Waals surface area contributed by atoms with E-state index in [0.717, 1.165) is 36.2 Å². The molecule has 130 valence electrons. The van der Waals surface area contributed by atoms with Crippen LogP contribution < -0.4 is 0 Å². The second-order valence-corrected chi connectivity index (χ2v) is 7.69. The van der Waals surface area contributed by atoms with E-state index < -0.39 is 5.97 Å². The van der Waals surface area contributed by atoms with E-state index in [9.17, 15) is 4.79 Å². The van der Waals surface area contributed by atoms with Crippen LogP contribution in [0.25, 0.3) is 0 Å². The van der Waals surface area contributed by atoms with Crippen LogP contribution in [-0.4, -0.2) is 11.1 Å². The molecule has 2 heteroatoms. The summed E-state index contributed by atoms with van der Waals surface area (Å²) in [7, 11) is 0. The molecule has 0 rings (SSSR count). The summed E-state index contributed by atoms with van der Waals surface area (Å²) in [6.07, 6.45) is 12.7. The molecule has 0 saturated carbocycles. The number of carboxylic acid groups (broad SMARTS) is 1. The third-order valence-electron chi connectivity index (χ3n) is 4.51. The van der Waals surface area contributed by atoms with Crippen LogP contribution in [0.15, 0.2) is 11.6 Å². The van der Waals surface area contributed by atoms with Gasteiger partial charge in [-0.1, -0.05) is 78.2 Å². The topological polar surface area (TPSA) is 37.3 Å². The van der Waals surface area contributed by atoms with Crippen LogP contribution in [0.4, 0.5) is 0 Å². The number of carboxylic acids is 1. The Kier molecular flexibility index (Phi) is 12.3. The van der Waals surface area contributed by atoms with E-state index in [-0.39, 0.29) is 0 Å². The van der Waals surface area contributed by atoms with E-state index in [0.29, 0.717) is 0 Å². The van der Waals surface area contributed by atoms with Crippen LogP contribution in [0.2, 0.25) is 0 Å². The monoisotopic (exact) mass is 310 g/mol. The van der Waals surface area contributed by atoms with Crippen molar-refractivity contribution >= 4 is 5.97 Å². The van der Waals surface area contributed by atoms with E-state index >= 15 is 0 Å². The third-order valence-corrected chi connectivity index (χ3v) is 4.51. The maximum absolute atomic E-state index is 10.5. The first-order chi connectivity index (χ1) is 10.3. The fourth-order valence-electron chi connectivity index (χ4n) is 2.99. The van der Waals surface area contributed by atoms with E-state index in [1.807, 2.05) is 6.92 Å². The zero-order valence-electron chi connectivity index (χ0n) is 15.5. The van der Waals surface area contributed by atoms with Gasteiger partial charge in [0.25, 0.3) is 0 Å². The van der Waals surface area contributed by atoms with Crippen molar-refractivity contribution in [2.24, 2.45) is 17.8 Å². The Hall–Kier alpha value is -0.790. The summed E-state index contributed by atoms with van der Waals surface area (Å²) in [6, 6.07) is 0. The summed E-state index contributed by atoms with van der Waals surface area (Å²) < 4.78 is 0. The lowest BCUT2D eigenvalue weighted by Crippen LogP contribution is -2.00. The molecular formula is C20H38O2. The SMILES string of the molecule is C/C(=C\C(=O)O)CCC[C@H](C)CCC[C@H](C)CCCC(C)C. The lowest BCUT2D eigenvalue weighted by molar-refractivity contribution is -0.131. The van der Waals surface area contributed by atoms with E-state index in [4.69, 9.17) is 5.11 Å². The molecule has 0 aromatic rings. The van der Waals surface area contributed by atoms with Crippen LogP contribution in [0.3, 0.4) is 0 Å². The maximum atomic E-state index is 10.5. The lowest BCUT2D eigenvalue weighted by atomic mass is 9.91. The molecule has 2 atom stereocenters. The summed E-state index contributed by atoms with van der Waals surface area (Å²) >= 11 is 0. The Morgan fingerprint density at radius 1 is 0.864 bits per heavy atom. The molecule has 0 radical (unpaired) electrons. The Morgan fingerprint density at radius 3 is 1.77 bits per heavy atom. The summed E-state index contributed by atoms with van der Waals surface area (Å²) in [5.74, 6) is 1.65. The molecule has 22 heavy (non-hydrogen) atoms. The number of allylic oxidation sites excluding steroid dienone is 1. The van der Waals surface area contributed by atoms with Gasteiger partial charge in [0.05, 0.1) is 0 Å². The largest absolute Gasteiger partial charge is 0.478 e. The van der Waals surface area contributed by atoms with Crippen LogP contribution in [0.1, 0.15) is 92.4 Å². The smallest absolute Gasteiger partial charge is 0.328 e. The zero-order chi connectivity index (χ0) is 17.0. The molecule has 0 aromatic heterocycles. The second-order valence-electron chi connectivity index (χ2n) is 7.69. The maximum Gasteiger partial charge on any atom is 0.328 e. The van der Waals surface area contributed by atoms with Crippen LogP contribution >= 0.6 is 0 Å². The van der Waals surface area contributed by atoms with Gasteiger partial charge < -0.3 is 5.11 Å². The highest BCUT2D eigenvalue weighted by Gasteiger charge is 2.06. The molecule has 0 amide bonds. The van der Waals surface area contributed by atoms with Gasteiger partial charge in [-0.15, -0.1) is 0 Å². The molecule has 0 heterocycles. The van der Waals surface area contributed by atoms with Crippen molar-refractivity contribution in [2.75, 3.05) is 0 Å². The minimum absolute atomic E-state index is 0.764. The van der Waals surface area contributed by atoms with Gasteiger partial charge in [-0.05, 0) is 37.5 Å². The molecule has 0 aromatic carbocycles. The second kappa shape index (κ2) is 12.7. The molecule has 0 aliphatic heterocycles. The van der Waals surface area contributed by atoms with Crippen LogP contribution in [0.5, 0.6) is 0 Å². The molecule has 0 unspecified atom stereocenters. The first kappa shape index (κ1) is 21.2. The molecule has 0 fully saturated rings. The molecule has 0 saturated heterocycles. The van der Waals surface area contributed by atoms with Gasteiger partial charge in [0.15, 0.2) is 0 Å². The van der Waals surface area contributed by atoms with Crippen molar-refractivity contribution in [1.82, 2.24) is 0 Å². The Morgan fingerprint density at radius 2 is 1.32 bits per heavy atom. The first-order valence-electron chi connectivity index (χ1n) is 9.21. The highest BCUT2D eigenvalue weighted by Crippen LogP contribution is 2.21. The van der Waals surface area contributed by atoms with Crippen molar-refractivity contribution in [3.05, 3.63) is 11.6 Å². The van der Waals surface area contributed by atoms with E-state index in [2.05, 4.69) is 27.7 Å². The number of carbonyl (C=O) groups is 1. The first-order valence-corrected chi connectivity index (χ1v) is 9.21. The normalized spacial score (nSPS) is 15.1. The van der Waals surface area contributed by atoms with Crippen molar-refractivity contribution in [1.29, 1.82) is 0 Å². The van der Waals surface area contributed by atoms with Gasteiger partial charge in [0.1, 0.15) is 0 Å². The minimum atomic E-state index is -0.822. The number of aliphatic carboxylic acids is 1. The van der Waals surface area contributed by atoms with Gasteiger partial charge in [0.2, 0.25) is 0 Å². The van der Waals surface area contributed by atoms with Gasteiger partial charge in [-0.3, -0.25) is 0 Å². The molecule has 0 bridgehead atoms. The Labute approximate surface area is 138 Å². The zero-order valence-corrected chi connectivity index (χ0v) is 15.5. The molecule has 0 aliphatic rings. The van der Waals surface area contributed by atoms with Crippen molar-refractivity contribution in [3.8, 4) is 0 Å². The third kappa shape index (κ3) is 14.2. The Balaban J connectivity index is 3.60. The fourth-order valence-corrected chi connectivity index (χ4v) is 2.99. The van der Waals surface area contributed by atoms with Gasteiger partial charge in [0, 0.05) is 6.08 Å². The summed E-state index contributed by atoms with van der Waals surface area (Å²) in [5, 5.41) is 8.68.